The molecule has 0 radical (unpaired) electrons. The van der Waals surface area contributed by atoms with Gasteiger partial charge in [0, 0.05) is 23.5 Å². The van der Waals surface area contributed by atoms with Gasteiger partial charge in [-0.05, 0) is 73.3 Å². The fourth-order valence-electron chi connectivity index (χ4n) is 4.01. The molecule has 2 aromatic heterocycles. The fourth-order valence-corrected chi connectivity index (χ4v) is 5.72. The predicted molar refractivity (Wildman–Crippen MR) is 111 cm³/mol. The van der Waals surface area contributed by atoms with Crippen LogP contribution >= 0.6 is 0 Å². The van der Waals surface area contributed by atoms with Gasteiger partial charge in [-0.1, -0.05) is 0 Å². The molecular formula is C20H31N5O3S. The minimum Gasteiger partial charge on any atom is -0.460 e. The second-order valence-electron chi connectivity index (χ2n) is 8.18. The second-order valence-corrected chi connectivity index (χ2v) is 9.84. The maximum Gasteiger partial charge on any atom is 0.317 e. The van der Waals surface area contributed by atoms with Crippen LogP contribution in [0.3, 0.4) is 0 Å². The predicted octanol–water partition coefficient (Wildman–Crippen LogP) is 3.16. The van der Waals surface area contributed by atoms with E-state index >= 15 is 0 Å². The Morgan fingerprint density at radius 1 is 1.07 bits per heavy atom. The lowest BCUT2D eigenvalue weighted by Gasteiger charge is -2.28. The van der Waals surface area contributed by atoms with E-state index in [0.29, 0.717) is 35.1 Å². The highest BCUT2D eigenvalue weighted by atomic mass is 32.2. The molecule has 2 heterocycles. The summed E-state index contributed by atoms with van der Waals surface area (Å²) in [5.74, 6) is 0. The molecule has 0 aromatic carbocycles. The minimum absolute atomic E-state index is 0.00381. The SMILES string of the molecule is Cc1cc(C)nc(OC2CCC(NS(=O)(=O)c3c(C)nn(C(C)C)c3C)CC2)n1. The van der Waals surface area contributed by atoms with Crippen molar-refractivity contribution in [3.63, 3.8) is 0 Å². The van der Waals surface area contributed by atoms with Gasteiger partial charge in [0.15, 0.2) is 0 Å². The number of aryl methyl sites for hydroxylation is 3. The van der Waals surface area contributed by atoms with Crippen LogP contribution in [0.5, 0.6) is 6.01 Å². The van der Waals surface area contributed by atoms with Crippen molar-refractivity contribution in [2.45, 2.75) is 90.3 Å². The van der Waals surface area contributed by atoms with Gasteiger partial charge in [0.2, 0.25) is 10.0 Å². The molecule has 1 aliphatic rings. The van der Waals surface area contributed by atoms with E-state index < -0.39 is 10.0 Å². The zero-order valence-electron chi connectivity index (χ0n) is 18.1. The Bertz CT molecular complexity index is 956. The summed E-state index contributed by atoms with van der Waals surface area (Å²) in [6.07, 6.45) is 2.94. The first-order chi connectivity index (χ1) is 13.6. The first-order valence-corrected chi connectivity index (χ1v) is 11.6. The molecule has 1 saturated carbocycles. The Morgan fingerprint density at radius 2 is 1.66 bits per heavy atom. The number of ether oxygens (including phenoxy) is 1. The summed E-state index contributed by atoms with van der Waals surface area (Å²) in [5, 5.41) is 4.41. The third-order valence-electron chi connectivity index (χ3n) is 5.25. The lowest BCUT2D eigenvalue weighted by atomic mass is 9.94. The van der Waals surface area contributed by atoms with E-state index in [1.54, 1.807) is 11.6 Å². The van der Waals surface area contributed by atoms with Gasteiger partial charge in [-0.2, -0.15) is 5.10 Å². The molecule has 1 aliphatic carbocycles. The first kappa shape index (κ1) is 21.7. The van der Waals surface area contributed by atoms with Crippen LogP contribution in [-0.4, -0.2) is 40.3 Å². The highest BCUT2D eigenvalue weighted by Gasteiger charge is 2.30. The Balaban J connectivity index is 1.63. The molecule has 29 heavy (non-hydrogen) atoms. The normalized spacial score (nSPS) is 20.2. The van der Waals surface area contributed by atoms with Gasteiger partial charge in [0.1, 0.15) is 11.0 Å². The zero-order chi connectivity index (χ0) is 21.3. The van der Waals surface area contributed by atoms with Gasteiger partial charge in [-0.25, -0.2) is 23.1 Å². The van der Waals surface area contributed by atoms with Crippen LogP contribution in [0.4, 0.5) is 0 Å². The first-order valence-electron chi connectivity index (χ1n) is 10.1. The lowest BCUT2D eigenvalue weighted by molar-refractivity contribution is 0.131. The van der Waals surface area contributed by atoms with Crippen molar-refractivity contribution in [1.29, 1.82) is 0 Å². The highest BCUT2D eigenvalue weighted by molar-refractivity contribution is 7.89. The Hall–Kier alpha value is -2.00. The van der Waals surface area contributed by atoms with Crippen LogP contribution < -0.4 is 9.46 Å². The largest absolute Gasteiger partial charge is 0.460 e. The molecule has 8 nitrogen and oxygen atoms in total. The van der Waals surface area contributed by atoms with Crippen LogP contribution in [0, 0.1) is 27.7 Å². The summed E-state index contributed by atoms with van der Waals surface area (Å²) in [7, 11) is -3.62. The zero-order valence-corrected chi connectivity index (χ0v) is 18.9. The summed E-state index contributed by atoms with van der Waals surface area (Å²) in [6.45, 7) is 11.4. The van der Waals surface area contributed by atoms with Crippen molar-refractivity contribution in [1.82, 2.24) is 24.5 Å². The number of nitrogens with one attached hydrogen (secondary N) is 1. The fraction of sp³-hybridized carbons (Fsp3) is 0.650. The van der Waals surface area contributed by atoms with Crippen LogP contribution in [0.15, 0.2) is 11.0 Å². The van der Waals surface area contributed by atoms with Gasteiger partial charge >= 0.3 is 6.01 Å². The number of hydrogen-bond acceptors (Lipinski definition) is 6. The summed E-state index contributed by atoms with van der Waals surface area (Å²) >= 11 is 0. The van der Waals surface area contributed by atoms with Crippen molar-refractivity contribution in [3.05, 3.63) is 28.8 Å². The van der Waals surface area contributed by atoms with E-state index in [1.165, 1.54) is 0 Å². The highest BCUT2D eigenvalue weighted by Crippen LogP contribution is 2.26. The standard InChI is InChI=1S/C20H31N5O3S/c1-12(2)25-16(6)19(15(5)23-25)29(26,27)24-17-7-9-18(10-8-17)28-20-21-13(3)11-14(4)22-20/h11-12,17-18,24H,7-10H2,1-6H3. The molecule has 0 unspecified atom stereocenters. The number of aromatic nitrogens is 4. The van der Waals surface area contributed by atoms with E-state index in [2.05, 4.69) is 19.8 Å². The van der Waals surface area contributed by atoms with E-state index in [0.717, 1.165) is 24.2 Å². The Labute approximate surface area is 173 Å². The van der Waals surface area contributed by atoms with Crippen molar-refractivity contribution >= 4 is 10.0 Å². The molecule has 2 aromatic rings. The second kappa shape index (κ2) is 8.39. The van der Waals surface area contributed by atoms with E-state index in [4.69, 9.17) is 4.74 Å². The maximum atomic E-state index is 13.0. The lowest BCUT2D eigenvalue weighted by Crippen LogP contribution is -2.40. The van der Waals surface area contributed by atoms with Crippen LogP contribution in [-0.2, 0) is 10.0 Å². The van der Waals surface area contributed by atoms with Crippen molar-refractivity contribution in [2.24, 2.45) is 0 Å². The topological polar surface area (TPSA) is 99.0 Å². The van der Waals surface area contributed by atoms with Crippen molar-refractivity contribution in [3.8, 4) is 6.01 Å². The Morgan fingerprint density at radius 3 is 2.17 bits per heavy atom. The average Bonchev–Trinajstić information content (AvgIpc) is 2.91. The quantitative estimate of drug-likeness (QED) is 0.769. The van der Waals surface area contributed by atoms with Gasteiger partial charge in [-0.15, -0.1) is 0 Å². The molecule has 1 N–H and O–H groups in total. The van der Waals surface area contributed by atoms with Gasteiger partial charge in [0.25, 0.3) is 0 Å². The number of nitrogens with zero attached hydrogens (tertiary/aromatic N) is 4. The minimum atomic E-state index is -3.62. The summed E-state index contributed by atoms with van der Waals surface area (Å²) < 4.78 is 36.6. The number of hydrogen-bond donors (Lipinski definition) is 1. The molecule has 160 valence electrons. The summed E-state index contributed by atoms with van der Waals surface area (Å²) in [6, 6.07) is 2.31. The third kappa shape index (κ3) is 4.95. The van der Waals surface area contributed by atoms with Crippen LogP contribution in [0.1, 0.15) is 68.3 Å². The van der Waals surface area contributed by atoms with Crippen LogP contribution in [0.25, 0.3) is 0 Å². The number of sulfonamides is 1. The summed E-state index contributed by atoms with van der Waals surface area (Å²) in [5.41, 5.74) is 2.96. The van der Waals surface area contributed by atoms with Gasteiger partial charge < -0.3 is 4.74 Å². The molecule has 1 fully saturated rings. The molecule has 0 bridgehead atoms. The van der Waals surface area contributed by atoms with Gasteiger partial charge in [-0.3, -0.25) is 4.68 Å². The molecule has 0 amide bonds. The molecule has 0 saturated heterocycles. The monoisotopic (exact) mass is 421 g/mol. The summed E-state index contributed by atoms with van der Waals surface area (Å²) in [4.78, 5) is 8.96. The van der Waals surface area contributed by atoms with E-state index in [9.17, 15) is 8.42 Å². The van der Waals surface area contributed by atoms with Crippen molar-refractivity contribution in [2.75, 3.05) is 0 Å². The molecule has 0 aliphatic heterocycles. The van der Waals surface area contributed by atoms with Gasteiger partial charge in [0.05, 0.1) is 11.4 Å². The van der Waals surface area contributed by atoms with E-state index in [-0.39, 0.29) is 18.2 Å². The van der Waals surface area contributed by atoms with Crippen molar-refractivity contribution < 1.29 is 13.2 Å². The average molecular weight is 422 g/mol. The number of rotatable bonds is 6. The Kier molecular flexibility index (Phi) is 6.28. The molecule has 0 atom stereocenters. The molecule has 9 heteroatoms. The van der Waals surface area contributed by atoms with E-state index in [1.807, 2.05) is 40.7 Å². The van der Waals surface area contributed by atoms with Crippen LogP contribution in [0.2, 0.25) is 0 Å². The molecular weight excluding hydrogens is 390 g/mol. The third-order valence-corrected chi connectivity index (χ3v) is 7.02. The molecule has 0 spiro atoms. The maximum absolute atomic E-state index is 13.0. The molecule has 3 rings (SSSR count). The smallest absolute Gasteiger partial charge is 0.317 e.